The predicted molar refractivity (Wildman–Crippen MR) is 119 cm³/mol. The molecule has 0 radical (unpaired) electrons. The molecule has 2 aliphatic rings. The highest BCUT2D eigenvalue weighted by Crippen LogP contribution is 2.43. The highest BCUT2D eigenvalue weighted by molar-refractivity contribution is 8.03. The lowest BCUT2D eigenvalue weighted by Crippen LogP contribution is -2.26. The minimum Gasteiger partial charge on any atom is -0.351 e. The monoisotopic (exact) mass is 448 g/mol. The van der Waals surface area contributed by atoms with Crippen molar-refractivity contribution in [2.45, 2.75) is 43.3 Å². The number of benzene rings is 1. The minimum atomic E-state index is -3.68. The number of carbonyl (C=O) groups is 1. The first kappa shape index (κ1) is 20.7. The summed E-state index contributed by atoms with van der Waals surface area (Å²) in [6.07, 6.45) is 6.27. The fraction of sp³-hybridized carbons (Fsp3) is 0.381. The summed E-state index contributed by atoms with van der Waals surface area (Å²) in [5, 5.41) is 8.09. The SMILES string of the molecule is C[C@@H]1CCc2c(sc3c2CSC(C(=O)NCCc2ccc(S(N)(=O)=O)cc2)=C3)C1. The van der Waals surface area contributed by atoms with Gasteiger partial charge in [-0.2, -0.15) is 0 Å². The van der Waals surface area contributed by atoms with E-state index in [1.807, 2.05) is 17.4 Å². The minimum absolute atomic E-state index is 0.0402. The molecule has 4 rings (SSSR count). The van der Waals surface area contributed by atoms with Crippen LogP contribution >= 0.6 is 23.1 Å². The maximum absolute atomic E-state index is 12.6. The van der Waals surface area contributed by atoms with E-state index in [0.717, 1.165) is 28.6 Å². The number of nitrogens with one attached hydrogen (secondary N) is 1. The van der Waals surface area contributed by atoms with Crippen molar-refractivity contribution in [1.82, 2.24) is 5.32 Å². The number of thioether (sulfide) groups is 1. The molecule has 1 aliphatic carbocycles. The second-order valence-electron chi connectivity index (χ2n) is 7.69. The second kappa shape index (κ2) is 8.26. The molecule has 0 saturated heterocycles. The topological polar surface area (TPSA) is 89.3 Å². The molecule has 1 amide bonds. The van der Waals surface area contributed by atoms with Gasteiger partial charge in [0.25, 0.3) is 5.91 Å². The Balaban J connectivity index is 1.36. The van der Waals surface area contributed by atoms with Crippen molar-refractivity contribution in [2.24, 2.45) is 11.1 Å². The standard InChI is InChI=1S/C21H24N2O3S3/c1-13-2-7-16-17-12-27-20(11-19(17)28-18(16)10-13)21(24)23-9-8-14-3-5-15(6-4-14)29(22,25)26/h3-6,11,13H,2,7-10,12H2,1H3,(H,23,24)(H2,22,25,26)/t13-/m1/s1. The summed E-state index contributed by atoms with van der Waals surface area (Å²) in [6, 6.07) is 6.44. The number of hydrogen-bond acceptors (Lipinski definition) is 5. The van der Waals surface area contributed by atoms with Crippen molar-refractivity contribution < 1.29 is 13.2 Å². The molecule has 1 aromatic carbocycles. The Hall–Kier alpha value is -1.61. The summed E-state index contributed by atoms with van der Waals surface area (Å²) in [4.78, 5) is 16.2. The first-order valence-corrected chi connectivity index (χ1v) is 13.0. The van der Waals surface area contributed by atoms with Crippen molar-refractivity contribution in [3.05, 3.63) is 55.6 Å². The zero-order chi connectivity index (χ0) is 20.6. The van der Waals surface area contributed by atoms with Gasteiger partial charge >= 0.3 is 0 Å². The summed E-state index contributed by atoms with van der Waals surface area (Å²) in [7, 11) is -3.68. The molecule has 154 valence electrons. The van der Waals surface area contributed by atoms with E-state index in [1.165, 1.54) is 45.9 Å². The number of hydrogen-bond donors (Lipinski definition) is 2. The molecule has 5 nitrogen and oxygen atoms in total. The predicted octanol–water partition coefficient (Wildman–Crippen LogP) is 3.47. The fourth-order valence-corrected chi connectivity index (χ4v) is 7.00. The van der Waals surface area contributed by atoms with E-state index in [2.05, 4.69) is 12.2 Å². The van der Waals surface area contributed by atoms with Crippen LogP contribution in [0.25, 0.3) is 6.08 Å². The van der Waals surface area contributed by atoms with Gasteiger partial charge in [-0.3, -0.25) is 4.79 Å². The van der Waals surface area contributed by atoms with E-state index in [0.29, 0.717) is 13.0 Å². The van der Waals surface area contributed by atoms with Crippen molar-refractivity contribution >= 4 is 45.1 Å². The fourth-order valence-electron chi connectivity index (χ4n) is 3.81. The molecule has 8 heteroatoms. The van der Waals surface area contributed by atoms with Crippen LogP contribution in [0.1, 0.15) is 39.8 Å². The van der Waals surface area contributed by atoms with Gasteiger partial charge in [0.2, 0.25) is 10.0 Å². The number of rotatable bonds is 5. The quantitative estimate of drug-likeness (QED) is 0.733. The van der Waals surface area contributed by atoms with Crippen LogP contribution in [-0.4, -0.2) is 20.9 Å². The van der Waals surface area contributed by atoms with Crippen molar-refractivity contribution in [1.29, 1.82) is 0 Å². The Morgan fingerprint density at radius 1 is 1.24 bits per heavy atom. The van der Waals surface area contributed by atoms with Crippen LogP contribution in [0.2, 0.25) is 0 Å². The van der Waals surface area contributed by atoms with Crippen molar-refractivity contribution in [2.75, 3.05) is 6.54 Å². The van der Waals surface area contributed by atoms with E-state index in [9.17, 15) is 13.2 Å². The van der Waals surface area contributed by atoms with E-state index in [1.54, 1.807) is 23.9 Å². The van der Waals surface area contributed by atoms with Crippen LogP contribution in [-0.2, 0) is 39.8 Å². The third-order valence-corrected chi connectivity index (χ3v) is 8.68. The van der Waals surface area contributed by atoms with Gasteiger partial charge in [0.15, 0.2) is 0 Å². The third kappa shape index (κ3) is 4.60. The Bertz CT molecular complexity index is 1070. The number of thiophene rings is 1. The van der Waals surface area contributed by atoms with Crippen LogP contribution in [0.5, 0.6) is 0 Å². The number of primary sulfonamides is 1. The average Bonchev–Trinajstić information content (AvgIpc) is 3.04. The smallest absolute Gasteiger partial charge is 0.257 e. The average molecular weight is 449 g/mol. The molecule has 2 aromatic rings. The first-order chi connectivity index (χ1) is 13.8. The Morgan fingerprint density at radius 3 is 2.72 bits per heavy atom. The summed E-state index contributed by atoms with van der Waals surface area (Å²) >= 11 is 3.48. The van der Waals surface area contributed by atoms with Crippen LogP contribution in [0, 0.1) is 5.92 Å². The number of carbonyl (C=O) groups excluding carboxylic acids is 1. The number of sulfonamides is 1. The van der Waals surface area contributed by atoms with Crippen LogP contribution in [0.15, 0.2) is 34.1 Å². The van der Waals surface area contributed by atoms with E-state index in [-0.39, 0.29) is 10.8 Å². The molecule has 1 aromatic heterocycles. The van der Waals surface area contributed by atoms with Crippen LogP contribution < -0.4 is 10.5 Å². The zero-order valence-corrected chi connectivity index (χ0v) is 18.7. The largest absolute Gasteiger partial charge is 0.351 e. The molecule has 0 bridgehead atoms. The van der Waals surface area contributed by atoms with Crippen molar-refractivity contribution in [3.63, 3.8) is 0 Å². The molecule has 0 saturated carbocycles. The molecule has 2 heterocycles. The van der Waals surface area contributed by atoms with Gasteiger partial charge in [0.05, 0.1) is 9.80 Å². The Kier molecular flexibility index (Phi) is 5.88. The summed E-state index contributed by atoms with van der Waals surface area (Å²) in [5.74, 6) is 1.59. The summed E-state index contributed by atoms with van der Waals surface area (Å²) in [6.45, 7) is 2.81. The van der Waals surface area contributed by atoms with Gasteiger partial charge in [-0.15, -0.1) is 23.1 Å². The highest BCUT2D eigenvalue weighted by Gasteiger charge is 2.26. The Labute approximate surface area is 179 Å². The molecular formula is C21H24N2O3S3. The van der Waals surface area contributed by atoms with Crippen LogP contribution in [0.4, 0.5) is 0 Å². The lowest BCUT2D eigenvalue weighted by Gasteiger charge is -2.19. The van der Waals surface area contributed by atoms with Gasteiger partial charge in [0, 0.05) is 22.1 Å². The normalized spacial score (nSPS) is 18.6. The molecule has 1 aliphatic heterocycles. The van der Waals surface area contributed by atoms with Gasteiger partial charge < -0.3 is 5.32 Å². The number of amides is 1. The lowest BCUT2D eigenvalue weighted by molar-refractivity contribution is -0.116. The molecule has 0 spiro atoms. The highest BCUT2D eigenvalue weighted by atomic mass is 32.2. The van der Waals surface area contributed by atoms with E-state index >= 15 is 0 Å². The maximum atomic E-state index is 12.6. The zero-order valence-electron chi connectivity index (χ0n) is 16.2. The summed E-state index contributed by atoms with van der Waals surface area (Å²) < 4.78 is 22.6. The first-order valence-electron chi connectivity index (χ1n) is 9.69. The molecule has 0 fully saturated rings. The maximum Gasteiger partial charge on any atom is 0.257 e. The van der Waals surface area contributed by atoms with Gasteiger partial charge in [0.1, 0.15) is 0 Å². The van der Waals surface area contributed by atoms with Gasteiger partial charge in [-0.05, 0) is 66.5 Å². The number of fused-ring (bicyclic) bond motifs is 3. The molecule has 0 unspecified atom stereocenters. The van der Waals surface area contributed by atoms with Gasteiger partial charge in [-0.25, -0.2) is 13.6 Å². The Morgan fingerprint density at radius 2 is 2.00 bits per heavy atom. The van der Waals surface area contributed by atoms with Crippen molar-refractivity contribution in [3.8, 4) is 0 Å². The number of nitrogens with two attached hydrogens (primary N) is 1. The molecular weight excluding hydrogens is 424 g/mol. The summed E-state index contributed by atoms with van der Waals surface area (Å²) in [5.41, 5.74) is 3.92. The second-order valence-corrected chi connectivity index (χ2v) is 11.4. The van der Waals surface area contributed by atoms with Crippen LogP contribution in [0.3, 0.4) is 0 Å². The van der Waals surface area contributed by atoms with E-state index < -0.39 is 10.0 Å². The van der Waals surface area contributed by atoms with E-state index in [4.69, 9.17) is 5.14 Å². The third-order valence-electron chi connectivity index (χ3n) is 5.46. The molecule has 1 atom stereocenters. The lowest BCUT2D eigenvalue weighted by atomic mass is 9.88. The van der Waals surface area contributed by atoms with Gasteiger partial charge in [-0.1, -0.05) is 19.1 Å². The molecule has 3 N–H and O–H groups in total. The molecule has 29 heavy (non-hydrogen) atoms.